The highest BCUT2D eigenvalue weighted by Crippen LogP contribution is 2.59. The van der Waals surface area contributed by atoms with Crippen molar-refractivity contribution in [2.24, 2.45) is 16.2 Å². The Hall–Kier alpha value is -3.70. The van der Waals surface area contributed by atoms with E-state index in [0.717, 1.165) is 23.0 Å². The zero-order chi connectivity index (χ0) is 27.4. The van der Waals surface area contributed by atoms with Crippen molar-refractivity contribution >= 4 is 41.0 Å². The lowest BCUT2D eigenvalue weighted by Gasteiger charge is -2.55. The van der Waals surface area contributed by atoms with Crippen LogP contribution in [0, 0.1) is 16.2 Å². The van der Waals surface area contributed by atoms with Crippen LogP contribution in [-0.4, -0.2) is 40.0 Å². The minimum atomic E-state index is -5.12. The van der Waals surface area contributed by atoms with Crippen LogP contribution in [-0.2, 0) is 25.6 Å². The highest BCUT2D eigenvalue weighted by Gasteiger charge is 2.63. The van der Waals surface area contributed by atoms with E-state index >= 15 is 0 Å². The van der Waals surface area contributed by atoms with Gasteiger partial charge in [-0.25, -0.2) is 4.90 Å². The normalized spacial score (nSPS) is 27.7. The lowest BCUT2D eigenvalue weighted by atomic mass is 9.51. The van der Waals surface area contributed by atoms with Gasteiger partial charge in [-0.3, -0.25) is 24.3 Å². The van der Waals surface area contributed by atoms with Gasteiger partial charge in [0.1, 0.15) is 5.82 Å². The number of rotatable bonds is 5. The molecule has 3 N–H and O–H groups in total. The number of halogens is 3. The number of imide groups is 1. The van der Waals surface area contributed by atoms with Crippen LogP contribution < -0.4 is 15.5 Å². The van der Waals surface area contributed by atoms with Crippen molar-refractivity contribution in [2.75, 3.05) is 15.5 Å². The summed E-state index contributed by atoms with van der Waals surface area (Å²) in [6.07, 6.45) is -3.81. The molecule has 9 nitrogen and oxygen atoms in total. The topological polar surface area (TPSA) is 124 Å². The maximum atomic E-state index is 13.6. The van der Waals surface area contributed by atoms with Crippen molar-refractivity contribution in [2.45, 2.75) is 59.6 Å². The number of nitrogens with zero attached hydrogens (tertiary/aromatic N) is 2. The summed E-state index contributed by atoms with van der Waals surface area (Å²) in [6, 6.07) is 8.44. The van der Waals surface area contributed by atoms with Gasteiger partial charge in [0.15, 0.2) is 5.82 Å². The predicted molar refractivity (Wildman–Crippen MR) is 128 cm³/mol. The smallest absolute Gasteiger partial charge is 0.326 e. The van der Waals surface area contributed by atoms with Gasteiger partial charge in [0.25, 0.3) is 0 Å². The zero-order valence-corrected chi connectivity index (χ0v) is 20.9. The molecule has 4 rings (SSSR count). The summed E-state index contributed by atoms with van der Waals surface area (Å²) in [5.74, 6) is -4.38. The van der Waals surface area contributed by atoms with Crippen LogP contribution in [0.3, 0.4) is 0 Å². The number of benzene rings is 1. The summed E-state index contributed by atoms with van der Waals surface area (Å²) in [7, 11) is 0. The number of hydrogen-bond acceptors (Lipinski definition) is 5. The molecule has 3 atom stereocenters. The SMILES string of the molecule is CCc1cccc(NC(=O)C2(C)C[C@@]3(C)C[C@@](C)(C2)C(=O)N(c2cc(NC(=O)C(F)(F)F)[nH]n2)C3=O)c1. The molecule has 1 saturated heterocycles. The lowest BCUT2D eigenvalue weighted by molar-refractivity contribution is -0.167. The fourth-order valence-electron chi connectivity index (χ4n) is 5.91. The number of nitrogens with one attached hydrogen (secondary N) is 3. The van der Waals surface area contributed by atoms with Gasteiger partial charge in [-0.15, -0.1) is 0 Å². The standard InChI is InChI=1S/C25H28F3N5O4/c1-5-14-7-6-8-15(9-14)29-18(34)22(2)11-23(3)13-24(4,12-22)21(37)33(20(23)36)17-10-16(31-32-17)30-19(35)25(26,27)28/h6-10H,5,11-13H2,1-4H3,(H,29,34)(H2,30,31,32,35)/t22?,23-,24+. The van der Waals surface area contributed by atoms with Crippen LogP contribution in [0.15, 0.2) is 30.3 Å². The molecule has 0 radical (unpaired) electrons. The molecule has 2 fully saturated rings. The Morgan fingerprint density at radius 1 is 1.03 bits per heavy atom. The summed E-state index contributed by atoms with van der Waals surface area (Å²) < 4.78 is 37.8. The van der Waals surface area contributed by atoms with Crippen LogP contribution in [0.5, 0.6) is 0 Å². The second kappa shape index (κ2) is 8.70. The molecule has 37 heavy (non-hydrogen) atoms. The lowest BCUT2D eigenvalue weighted by Crippen LogP contribution is -2.65. The number of alkyl halides is 3. The molecule has 2 bridgehead atoms. The number of aromatic nitrogens is 2. The maximum absolute atomic E-state index is 13.6. The second-order valence-corrected chi connectivity index (χ2v) is 10.8. The average molecular weight is 520 g/mol. The first kappa shape index (κ1) is 26.4. The Balaban J connectivity index is 1.60. The third-order valence-electron chi connectivity index (χ3n) is 7.22. The van der Waals surface area contributed by atoms with Crippen LogP contribution in [0.2, 0.25) is 0 Å². The first-order chi connectivity index (χ1) is 17.1. The fraction of sp³-hybridized carbons (Fsp3) is 0.480. The summed E-state index contributed by atoms with van der Waals surface area (Å²) in [6.45, 7) is 7.09. The number of carbonyl (C=O) groups excluding carboxylic acids is 4. The third kappa shape index (κ3) is 4.72. The van der Waals surface area contributed by atoms with Crippen molar-refractivity contribution < 1.29 is 32.3 Å². The number of H-pyrrole nitrogens is 1. The Morgan fingerprint density at radius 2 is 1.65 bits per heavy atom. The summed E-state index contributed by atoms with van der Waals surface area (Å²) in [5, 5.41) is 10.6. The molecule has 0 spiro atoms. The summed E-state index contributed by atoms with van der Waals surface area (Å²) in [4.78, 5) is 52.8. The Labute approximate surface area is 211 Å². The van der Waals surface area contributed by atoms with E-state index in [1.807, 2.05) is 25.1 Å². The molecule has 1 aromatic heterocycles. The quantitative estimate of drug-likeness (QED) is 0.511. The van der Waals surface area contributed by atoms with Gasteiger partial charge in [0, 0.05) is 28.0 Å². The summed E-state index contributed by atoms with van der Waals surface area (Å²) in [5.41, 5.74) is -1.60. The van der Waals surface area contributed by atoms with E-state index in [9.17, 15) is 32.3 Å². The number of hydrogen-bond donors (Lipinski definition) is 3. The van der Waals surface area contributed by atoms with Crippen LogP contribution in [0.1, 0.15) is 52.5 Å². The van der Waals surface area contributed by atoms with Crippen LogP contribution >= 0.6 is 0 Å². The number of anilines is 3. The molecule has 198 valence electrons. The minimum absolute atomic E-state index is 0.152. The molecule has 12 heteroatoms. The second-order valence-electron chi connectivity index (χ2n) is 10.8. The average Bonchev–Trinajstić information content (AvgIpc) is 3.25. The number of aryl methyl sites for hydroxylation is 1. The van der Waals surface area contributed by atoms with Crippen molar-refractivity contribution in [1.29, 1.82) is 0 Å². The Kier molecular flexibility index (Phi) is 6.20. The summed E-state index contributed by atoms with van der Waals surface area (Å²) >= 11 is 0. The maximum Gasteiger partial charge on any atom is 0.471 e. The molecule has 2 heterocycles. The van der Waals surface area contributed by atoms with E-state index in [0.29, 0.717) is 5.69 Å². The van der Waals surface area contributed by atoms with Gasteiger partial charge >= 0.3 is 12.1 Å². The largest absolute Gasteiger partial charge is 0.471 e. The molecule has 4 amide bonds. The van der Waals surface area contributed by atoms with E-state index in [2.05, 4.69) is 15.5 Å². The highest BCUT2D eigenvalue weighted by atomic mass is 19.4. The molecular formula is C25H28F3N5O4. The first-order valence-electron chi connectivity index (χ1n) is 11.8. The fourth-order valence-corrected chi connectivity index (χ4v) is 5.91. The monoisotopic (exact) mass is 519 g/mol. The number of carbonyl (C=O) groups is 4. The molecule has 2 aliphatic rings. The molecule has 2 aromatic rings. The molecule has 1 unspecified atom stereocenters. The first-order valence-corrected chi connectivity index (χ1v) is 11.8. The third-order valence-corrected chi connectivity index (χ3v) is 7.22. The molecule has 1 aromatic carbocycles. The molecule has 1 saturated carbocycles. The molecule has 1 aliphatic carbocycles. The van der Waals surface area contributed by atoms with Crippen molar-refractivity contribution in [3.63, 3.8) is 0 Å². The van der Waals surface area contributed by atoms with E-state index in [1.165, 1.54) is 0 Å². The number of aromatic amines is 1. The Bertz CT molecular complexity index is 1260. The van der Waals surface area contributed by atoms with E-state index in [1.54, 1.807) is 32.2 Å². The van der Waals surface area contributed by atoms with E-state index in [4.69, 9.17) is 0 Å². The van der Waals surface area contributed by atoms with Gasteiger partial charge in [0.05, 0.1) is 0 Å². The van der Waals surface area contributed by atoms with Crippen molar-refractivity contribution in [3.05, 3.63) is 35.9 Å². The van der Waals surface area contributed by atoms with Gasteiger partial charge in [-0.1, -0.05) is 39.8 Å². The Morgan fingerprint density at radius 3 is 2.22 bits per heavy atom. The van der Waals surface area contributed by atoms with Gasteiger partial charge in [0.2, 0.25) is 17.7 Å². The minimum Gasteiger partial charge on any atom is -0.326 e. The number of fused-ring (bicyclic) bond motifs is 2. The van der Waals surface area contributed by atoms with E-state index in [-0.39, 0.29) is 31.0 Å². The highest BCUT2D eigenvalue weighted by molar-refractivity contribution is 6.20. The van der Waals surface area contributed by atoms with E-state index < -0.39 is 46.0 Å². The zero-order valence-electron chi connectivity index (χ0n) is 20.9. The predicted octanol–water partition coefficient (Wildman–Crippen LogP) is 4.19. The van der Waals surface area contributed by atoms with Gasteiger partial charge in [-0.2, -0.15) is 18.3 Å². The van der Waals surface area contributed by atoms with Gasteiger partial charge in [-0.05, 0) is 43.4 Å². The number of amides is 4. The van der Waals surface area contributed by atoms with Crippen molar-refractivity contribution in [3.8, 4) is 0 Å². The van der Waals surface area contributed by atoms with Gasteiger partial charge < -0.3 is 10.6 Å². The number of piperidine rings is 1. The van der Waals surface area contributed by atoms with Crippen LogP contribution in [0.4, 0.5) is 30.5 Å². The van der Waals surface area contributed by atoms with Crippen molar-refractivity contribution in [1.82, 2.24) is 10.2 Å². The van der Waals surface area contributed by atoms with Crippen LogP contribution in [0.25, 0.3) is 0 Å². The molecular weight excluding hydrogens is 491 g/mol. The molecule has 1 aliphatic heterocycles.